The van der Waals surface area contributed by atoms with Crippen LogP contribution in [-0.4, -0.2) is 37.2 Å². The van der Waals surface area contributed by atoms with Crippen LogP contribution in [0.15, 0.2) is 122 Å². The second-order valence-electron chi connectivity index (χ2n) is 22.7. The maximum Gasteiger partial charge on any atom is 0.306 e. The van der Waals surface area contributed by atoms with Gasteiger partial charge in [0.2, 0.25) is 0 Å². The number of rotatable bonds is 62. The highest BCUT2D eigenvalue weighted by atomic mass is 16.6. The van der Waals surface area contributed by atoms with Gasteiger partial charge in [-0.05, 0) is 135 Å². The molecule has 0 spiro atoms. The highest BCUT2D eigenvalue weighted by Gasteiger charge is 2.19. The molecule has 0 aliphatic heterocycles. The van der Waals surface area contributed by atoms with E-state index in [9.17, 15) is 14.4 Å². The minimum absolute atomic E-state index is 0.0882. The smallest absolute Gasteiger partial charge is 0.306 e. The van der Waals surface area contributed by atoms with Gasteiger partial charge in [0, 0.05) is 19.3 Å². The number of hydrogen-bond donors (Lipinski definition) is 0. The van der Waals surface area contributed by atoms with Crippen LogP contribution in [0.3, 0.4) is 0 Å². The van der Waals surface area contributed by atoms with Crippen molar-refractivity contribution in [2.45, 2.75) is 329 Å². The van der Waals surface area contributed by atoms with E-state index < -0.39 is 6.10 Å². The number of ether oxygens (including phenoxy) is 3. The minimum atomic E-state index is -0.793. The molecule has 0 heterocycles. The summed E-state index contributed by atoms with van der Waals surface area (Å²) in [5.74, 6) is -0.902. The molecule has 6 heteroatoms. The highest BCUT2D eigenvalue weighted by Crippen LogP contribution is 2.16. The van der Waals surface area contributed by atoms with Crippen LogP contribution in [0.1, 0.15) is 323 Å². The quantitative estimate of drug-likeness (QED) is 0.0261. The molecule has 82 heavy (non-hydrogen) atoms. The largest absolute Gasteiger partial charge is 0.462 e. The molecule has 0 aliphatic carbocycles. The van der Waals surface area contributed by atoms with Gasteiger partial charge < -0.3 is 14.2 Å². The minimum Gasteiger partial charge on any atom is -0.462 e. The number of carbonyl (C=O) groups is 3. The molecule has 6 nitrogen and oxygen atoms in total. The Bertz CT molecular complexity index is 1690. The molecule has 0 aromatic carbocycles. The maximum absolute atomic E-state index is 12.9. The van der Waals surface area contributed by atoms with Gasteiger partial charge >= 0.3 is 17.9 Å². The SMILES string of the molecule is CC/C=C\C/C=C\C/C=C\C/C=C\C/C=C\C/C=C\C/C=C\CCCCCCCCCCCC(=O)OCC(COC(=O)CCCCCCC/C=C\C/C=C\CCCCCC)OC(=O)CCCCCCCCC/C=C\CCCCCCCC. The fraction of sp³-hybridized carbons (Fsp3) is 0.697. The lowest BCUT2D eigenvalue weighted by molar-refractivity contribution is -0.167. The molecule has 1 unspecified atom stereocenters. The zero-order chi connectivity index (χ0) is 59.2. The van der Waals surface area contributed by atoms with E-state index in [1.54, 1.807) is 0 Å². The molecule has 0 aromatic heterocycles. The van der Waals surface area contributed by atoms with Crippen molar-refractivity contribution in [1.82, 2.24) is 0 Å². The van der Waals surface area contributed by atoms with Crippen LogP contribution in [-0.2, 0) is 28.6 Å². The predicted molar refractivity (Wildman–Crippen MR) is 357 cm³/mol. The van der Waals surface area contributed by atoms with Gasteiger partial charge in [-0.15, -0.1) is 0 Å². The molecule has 0 rings (SSSR count). The van der Waals surface area contributed by atoms with Gasteiger partial charge in [0.25, 0.3) is 0 Å². The molecule has 0 saturated heterocycles. The van der Waals surface area contributed by atoms with E-state index in [0.717, 1.165) is 135 Å². The van der Waals surface area contributed by atoms with Gasteiger partial charge in [-0.25, -0.2) is 0 Å². The first kappa shape index (κ1) is 77.8. The molecule has 0 aliphatic rings. The van der Waals surface area contributed by atoms with Gasteiger partial charge in [0.15, 0.2) is 6.10 Å². The van der Waals surface area contributed by atoms with Gasteiger partial charge in [0.05, 0.1) is 0 Å². The average Bonchev–Trinajstić information content (AvgIpc) is 3.48. The second kappa shape index (κ2) is 69.3. The van der Waals surface area contributed by atoms with Crippen molar-refractivity contribution in [3.8, 4) is 0 Å². The molecule has 0 bridgehead atoms. The van der Waals surface area contributed by atoms with Crippen LogP contribution in [0.25, 0.3) is 0 Å². The zero-order valence-corrected chi connectivity index (χ0v) is 53.7. The van der Waals surface area contributed by atoms with E-state index in [-0.39, 0.29) is 31.1 Å². The standard InChI is InChI=1S/C76H128O6/c1-4-7-10-13-16-19-22-25-28-31-32-33-34-35-36-37-38-39-40-41-42-43-44-46-48-51-54-57-60-63-66-69-75(78)81-72-73(71-80-74(77)68-65-62-59-56-53-50-47-30-27-24-21-18-15-12-9-6-3)82-76(79)70-67-64-61-58-55-52-49-45-29-26-23-20-17-14-11-8-5-2/h7,10,16,19,21,24-26,28-30,32-33,35-36,38-39,41-42,47,73H,4-6,8-9,11-15,17-18,20,22-23,27,31,34,37,40,43-46,48-72H2,1-3H3/b10-7-,19-16-,24-21-,28-25-,29-26-,33-32-,36-35-,39-38-,42-41-,47-30-. The van der Waals surface area contributed by atoms with Crippen molar-refractivity contribution < 1.29 is 28.6 Å². The third-order valence-corrected chi connectivity index (χ3v) is 14.7. The average molecular weight is 1140 g/mol. The molecule has 0 aromatic rings. The molecule has 0 amide bonds. The summed E-state index contributed by atoms with van der Waals surface area (Å²) < 4.78 is 17.0. The summed E-state index contributed by atoms with van der Waals surface area (Å²) in [5.41, 5.74) is 0. The van der Waals surface area contributed by atoms with E-state index in [1.165, 1.54) is 148 Å². The third kappa shape index (κ3) is 66.6. The van der Waals surface area contributed by atoms with Crippen molar-refractivity contribution in [3.05, 3.63) is 122 Å². The summed E-state index contributed by atoms with van der Waals surface area (Å²) in [4.78, 5) is 38.4. The lowest BCUT2D eigenvalue weighted by Gasteiger charge is -2.18. The van der Waals surface area contributed by atoms with Crippen molar-refractivity contribution >= 4 is 17.9 Å². The Balaban J connectivity index is 4.34. The Labute approximate surface area is 507 Å². The van der Waals surface area contributed by atoms with Crippen molar-refractivity contribution in [1.29, 1.82) is 0 Å². The lowest BCUT2D eigenvalue weighted by atomic mass is 10.1. The topological polar surface area (TPSA) is 78.9 Å². The normalized spacial score (nSPS) is 12.9. The van der Waals surface area contributed by atoms with E-state index in [0.29, 0.717) is 19.3 Å². The first-order valence-electron chi connectivity index (χ1n) is 34.5. The van der Waals surface area contributed by atoms with Crippen molar-refractivity contribution in [3.63, 3.8) is 0 Å². The lowest BCUT2D eigenvalue weighted by Crippen LogP contribution is -2.30. The fourth-order valence-electron chi connectivity index (χ4n) is 9.51. The van der Waals surface area contributed by atoms with Gasteiger partial charge in [-0.2, -0.15) is 0 Å². The van der Waals surface area contributed by atoms with E-state index >= 15 is 0 Å². The summed E-state index contributed by atoms with van der Waals surface area (Å²) in [7, 11) is 0. The van der Waals surface area contributed by atoms with E-state index in [1.807, 2.05) is 0 Å². The predicted octanol–water partition coefficient (Wildman–Crippen LogP) is 23.9. The number of hydrogen-bond acceptors (Lipinski definition) is 6. The van der Waals surface area contributed by atoms with Crippen LogP contribution in [0.2, 0.25) is 0 Å². The number of allylic oxidation sites excluding steroid dienone is 20. The Hall–Kier alpha value is -4.19. The summed E-state index contributed by atoms with van der Waals surface area (Å²) >= 11 is 0. The molecular formula is C76H128O6. The number of esters is 3. The molecular weight excluding hydrogens is 1010 g/mol. The third-order valence-electron chi connectivity index (χ3n) is 14.7. The van der Waals surface area contributed by atoms with Gasteiger partial charge in [-0.3, -0.25) is 14.4 Å². The van der Waals surface area contributed by atoms with Crippen molar-refractivity contribution in [2.24, 2.45) is 0 Å². The van der Waals surface area contributed by atoms with Crippen LogP contribution in [0.4, 0.5) is 0 Å². The molecule has 0 fully saturated rings. The van der Waals surface area contributed by atoms with Crippen molar-refractivity contribution in [2.75, 3.05) is 13.2 Å². The van der Waals surface area contributed by atoms with Crippen LogP contribution in [0.5, 0.6) is 0 Å². The van der Waals surface area contributed by atoms with Gasteiger partial charge in [0.1, 0.15) is 13.2 Å². The molecule has 0 radical (unpaired) electrons. The summed E-state index contributed by atoms with van der Waals surface area (Å²) in [6, 6.07) is 0. The summed E-state index contributed by atoms with van der Waals surface area (Å²) in [6.45, 7) is 6.51. The molecule has 1 atom stereocenters. The number of unbranched alkanes of at least 4 members (excludes halogenated alkanes) is 31. The van der Waals surface area contributed by atoms with Crippen LogP contribution < -0.4 is 0 Å². The maximum atomic E-state index is 12.9. The van der Waals surface area contributed by atoms with E-state index in [2.05, 4.69) is 142 Å². The molecule has 0 saturated carbocycles. The van der Waals surface area contributed by atoms with Crippen LogP contribution >= 0.6 is 0 Å². The van der Waals surface area contributed by atoms with Gasteiger partial charge in [-0.1, -0.05) is 290 Å². The van der Waals surface area contributed by atoms with E-state index in [4.69, 9.17) is 14.2 Å². The summed E-state index contributed by atoms with van der Waals surface area (Å²) in [6.07, 6.45) is 96.4. The zero-order valence-electron chi connectivity index (χ0n) is 53.7. The molecule has 468 valence electrons. The fourth-order valence-corrected chi connectivity index (χ4v) is 9.51. The highest BCUT2D eigenvalue weighted by molar-refractivity contribution is 5.71. The Morgan fingerprint density at radius 1 is 0.256 bits per heavy atom. The number of carbonyl (C=O) groups excluding carboxylic acids is 3. The molecule has 0 N–H and O–H groups in total. The Morgan fingerprint density at radius 2 is 0.476 bits per heavy atom. The second-order valence-corrected chi connectivity index (χ2v) is 22.7. The Kier molecular flexibility index (Phi) is 65.8. The Morgan fingerprint density at radius 3 is 0.768 bits per heavy atom. The monoisotopic (exact) mass is 1140 g/mol. The first-order chi connectivity index (χ1) is 40.5. The van der Waals surface area contributed by atoms with Crippen LogP contribution in [0, 0.1) is 0 Å². The first-order valence-corrected chi connectivity index (χ1v) is 34.5. The summed E-state index contributed by atoms with van der Waals surface area (Å²) in [5, 5.41) is 0.